The summed E-state index contributed by atoms with van der Waals surface area (Å²) in [7, 11) is 4.27. The first-order valence-corrected chi connectivity index (χ1v) is 8.85. The zero-order valence-corrected chi connectivity index (χ0v) is 15.5. The van der Waals surface area contributed by atoms with Crippen molar-refractivity contribution in [3.63, 3.8) is 0 Å². The Balaban J connectivity index is 2.06. The summed E-state index contributed by atoms with van der Waals surface area (Å²) in [6.07, 6.45) is 10.2. The summed E-state index contributed by atoms with van der Waals surface area (Å²) in [5, 5.41) is 0. The molecule has 1 saturated heterocycles. The van der Waals surface area contributed by atoms with E-state index in [0.29, 0.717) is 5.92 Å². The van der Waals surface area contributed by atoms with E-state index >= 15 is 0 Å². The van der Waals surface area contributed by atoms with Crippen LogP contribution in [0.25, 0.3) is 0 Å². The zero-order chi connectivity index (χ0) is 17.4. The van der Waals surface area contributed by atoms with Crippen molar-refractivity contribution in [3.8, 4) is 0 Å². The van der Waals surface area contributed by atoms with Crippen LogP contribution in [0.4, 0.5) is 0 Å². The van der Waals surface area contributed by atoms with Crippen molar-refractivity contribution in [1.82, 2.24) is 9.80 Å². The normalized spacial score (nSPS) is 26.9. The standard InChI is InChI=1S/C21H28N2O/c1-14-7-6-8-20(24)21(14)19-13-18(15(2)16(3)23(19)5)17-9-11-22(4)12-10-17/h6-8,13,17H,9-12H2,1-5H3/b21-19+. The average Bonchev–Trinajstić information content (AvgIpc) is 2.55. The van der Waals surface area contributed by atoms with Gasteiger partial charge in [0, 0.05) is 18.3 Å². The van der Waals surface area contributed by atoms with Crippen LogP contribution in [-0.4, -0.2) is 42.8 Å². The predicted octanol–water partition coefficient (Wildman–Crippen LogP) is 3.83. The molecule has 0 aromatic carbocycles. The number of likely N-dealkylation sites (tertiary alicyclic amines) is 1. The Morgan fingerprint density at radius 2 is 1.75 bits per heavy atom. The van der Waals surface area contributed by atoms with Crippen LogP contribution in [0.5, 0.6) is 0 Å². The Hall–Kier alpha value is -1.87. The number of likely N-dealkylation sites (N-methyl/N-ethyl adjacent to an activating group) is 1. The lowest BCUT2D eigenvalue weighted by Gasteiger charge is -2.37. The second-order valence-electron chi connectivity index (χ2n) is 7.28. The van der Waals surface area contributed by atoms with Gasteiger partial charge < -0.3 is 9.80 Å². The Labute approximate surface area is 145 Å². The third kappa shape index (κ3) is 2.93. The smallest absolute Gasteiger partial charge is 0.188 e. The first-order chi connectivity index (χ1) is 11.4. The summed E-state index contributed by atoms with van der Waals surface area (Å²) in [6.45, 7) is 8.72. The molecule has 128 valence electrons. The van der Waals surface area contributed by atoms with Gasteiger partial charge in [-0.25, -0.2) is 0 Å². The molecule has 0 aromatic heterocycles. The minimum atomic E-state index is 0.114. The van der Waals surface area contributed by atoms with Crippen LogP contribution in [0, 0.1) is 5.92 Å². The van der Waals surface area contributed by atoms with Crippen LogP contribution >= 0.6 is 0 Å². The van der Waals surface area contributed by atoms with Crippen LogP contribution in [0.15, 0.2) is 58.0 Å². The molecule has 2 aliphatic heterocycles. The maximum Gasteiger partial charge on any atom is 0.188 e. The molecule has 0 unspecified atom stereocenters. The van der Waals surface area contributed by atoms with Crippen molar-refractivity contribution in [1.29, 1.82) is 0 Å². The van der Waals surface area contributed by atoms with Crippen molar-refractivity contribution in [2.24, 2.45) is 5.92 Å². The molecule has 0 bridgehead atoms. The number of hydrogen-bond acceptors (Lipinski definition) is 3. The first-order valence-electron chi connectivity index (χ1n) is 8.85. The molecule has 0 aromatic rings. The highest BCUT2D eigenvalue weighted by molar-refractivity contribution is 6.09. The van der Waals surface area contributed by atoms with E-state index < -0.39 is 0 Å². The zero-order valence-electron chi connectivity index (χ0n) is 15.5. The highest BCUT2D eigenvalue weighted by atomic mass is 16.1. The van der Waals surface area contributed by atoms with Crippen molar-refractivity contribution < 1.29 is 4.79 Å². The van der Waals surface area contributed by atoms with E-state index in [2.05, 4.69) is 43.8 Å². The van der Waals surface area contributed by atoms with Crippen LogP contribution in [0.1, 0.15) is 33.6 Å². The van der Waals surface area contributed by atoms with Gasteiger partial charge in [-0.1, -0.05) is 12.2 Å². The minimum Gasteiger partial charge on any atom is -0.348 e. The van der Waals surface area contributed by atoms with Gasteiger partial charge in [-0.15, -0.1) is 0 Å². The first kappa shape index (κ1) is 17.0. The molecule has 24 heavy (non-hydrogen) atoms. The highest BCUT2D eigenvalue weighted by Gasteiger charge is 2.29. The lowest BCUT2D eigenvalue weighted by atomic mass is 9.81. The van der Waals surface area contributed by atoms with Crippen LogP contribution in [-0.2, 0) is 4.79 Å². The van der Waals surface area contributed by atoms with Gasteiger partial charge in [0.2, 0.25) is 0 Å². The van der Waals surface area contributed by atoms with E-state index in [1.807, 2.05) is 19.1 Å². The van der Waals surface area contributed by atoms with Gasteiger partial charge in [-0.05, 0) is 88.5 Å². The Morgan fingerprint density at radius 1 is 1.08 bits per heavy atom. The van der Waals surface area contributed by atoms with E-state index in [0.717, 1.165) is 29.9 Å². The molecule has 0 atom stereocenters. The van der Waals surface area contributed by atoms with E-state index in [9.17, 15) is 4.79 Å². The molecule has 0 spiro atoms. The molecular weight excluding hydrogens is 296 g/mol. The second-order valence-corrected chi connectivity index (χ2v) is 7.28. The monoisotopic (exact) mass is 324 g/mol. The quantitative estimate of drug-likeness (QED) is 0.685. The fourth-order valence-corrected chi connectivity index (χ4v) is 3.95. The van der Waals surface area contributed by atoms with Crippen LogP contribution < -0.4 is 0 Å². The number of allylic oxidation sites excluding steroid dienone is 9. The van der Waals surface area contributed by atoms with Gasteiger partial charge in [-0.2, -0.15) is 0 Å². The molecule has 1 aliphatic carbocycles. The maximum atomic E-state index is 12.5. The Kier molecular flexibility index (Phi) is 4.64. The van der Waals surface area contributed by atoms with Gasteiger partial charge in [0.05, 0.1) is 5.70 Å². The lowest BCUT2D eigenvalue weighted by molar-refractivity contribution is -0.111. The number of carbonyl (C=O) groups excluding carboxylic acids is 1. The summed E-state index contributed by atoms with van der Waals surface area (Å²) < 4.78 is 0. The molecule has 2 heterocycles. The lowest BCUT2D eigenvalue weighted by Crippen LogP contribution is -2.33. The molecule has 0 saturated carbocycles. The molecule has 0 radical (unpaired) electrons. The van der Waals surface area contributed by atoms with E-state index in [4.69, 9.17) is 0 Å². The average molecular weight is 324 g/mol. The summed E-state index contributed by atoms with van der Waals surface area (Å²) in [4.78, 5) is 17.1. The van der Waals surface area contributed by atoms with Gasteiger partial charge in [-0.3, -0.25) is 4.79 Å². The molecular formula is C21H28N2O. The summed E-state index contributed by atoms with van der Waals surface area (Å²) >= 11 is 0. The molecule has 3 nitrogen and oxygen atoms in total. The van der Waals surface area contributed by atoms with Gasteiger partial charge >= 0.3 is 0 Å². The van der Waals surface area contributed by atoms with Crippen molar-refractivity contribution in [3.05, 3.63) is 58.0 Å². The van der Waals surface area contributed by atoms with E-state index in [-0.39, 0.29) is 5.78 Å². The Bertz CT molecular complexity index is 710. The summed E-state index contributed by atoms with van der Waals surface area (Å²) in [6, 6.07) is 0. The van der Waals surface area contributed by atoms with E-state index in [1.54, 1.807) is 6.08 Å². The molecule has 1 fully saturated rings. The topological polar surface area (TPSA) is 23.6 Å². The second kappa shape index (κ2) is 6.56. The molecule has 0 N–H and O–H groups in total. The summed E-state index contributed by atoms with van der Waals surface area (Å²) in [5.41, 5.74) is 7.00. The molecule has 0 amide bonds. The van der Waals surface area contributed by atoms with Gasteiger partial charge in [0.1, 0.15) is 0 Å². The van der Waals surface area contributed by atoms with Gasteiger partial charge in [0.25, 0.3) is 0 Å². The summed E-state index contributed by atoms with van der Waals surface area (Å²) in [5.74, 6) is 0.710. The Morgan fingerprint density at radius 3 is 2.38 bits per heavy atom. The number of nitrogens with zero attached hydrogens (tertiary/aromatic N) is 2. The largest absolute Gasteiger partial charge is 0.348 e. The third-order valence-corrected chi connectivity index (χ3v) is 5.78. The van der Waals surface area contributed by atoms with Crippen molar-refractivity contribution >= 4 is 5.78 Å². The number of ketones is 1. The molecule has 3 rings (SSSR count). The van der Waals surface area contributed by atoms with E-state index in [1.165, 1.54) is 29.7 Å². The predicted molar refractivity (Wildman–Crippen MR) is 99.4 cm³/mol. The maximum absolute atomic E-state index is 12.5. The molecule has 3 heteroatoms. The van der Waals surface area contributed by atoms with Crippen LogP contribution in [0.2, 0.25) is 0 Å². The van der Waals surface area contributed by atoms with Crippen molar-refractivity contribution in [2.75, 3.05) is 27.2 Å². The number of piperidine rings is 1. The van der Waals surface area contributed by atoms with Gasteiger partial charge in [0.15, 0.2) is 5.78 Å². The third-order valence-electron chi connectivity index (χ3n) is 5.78. The fraction of sp³-hybridized carbons (Fsp3) is 0.476. The fourth-order valence-electron chi connectivity index (χ4n) is 3.95. The highest BCUT2D eigenvalue weighted by Crippen LogP contribution is 2.38. The number of rotatable bonds is 1. The van der Waals surface area contributed by atoms with Crippen molar-refractivity contribution in [2.45, 2.75) is 33.6 Å². The van der Waals surface area contributed by atoms with Crippen LogP contribution in [0.3, 0.4) is 0 Å². The number of hydrogen-bond donors (Lipinski definition) is 0. The number of carbonyl (C=O) groups is 1. The minimum absolute atomic E-state index is 0.114. The molecule has 3 aliphatic rings. The SMILES string of the molecule is CC1=CC=CC(=O)/C1=C1\C=C(C2CCN(C)CC2)C(C)=C(C)N1C.